The van der Waals surface area contributed by atoms with Crippen LogP contribution in [0.15, 0.2) is 36.4 Å². The number of nitrogens with zero attached hydrogens (tertiary/aromatic N) is 6. The summed E-state index contributed by atoms with van der Waals surface area (Å²) in [5.41, 5.74) is 2.62. The SMILES string of the molecule is CN(c1nc(-c2ccc(F)cc2)c(C#N)s1)c1c2c(nc3c(F)cc(N4CC5(CN(C(=O)C6(O)CC6)C5)C4)cc13)C(O)CC2. The summed E-state index contributed by atoms with van der Waals surface area (Å²) in [5.74, 6) is -1.07. The molecular weight excluding hydrogens is 586 g/mol. The van der Waals surface area contributed by atoms with E-state index in [-0.39, 0.29) is 22.7 Å². The quantitative estimate of drug-likeness (QED) is 0.339. The van der Waals surface area contributed by atoms with Crippen LogP contribution < -0.4 is 9.80 Å². The van der Waals surface area contributed by atoms with Crippen LogP contribution in [0.5, 0.6) is 0 Å². The third-order valence-corrected chi connectivity index (χ3v) is 10.5. The Balaban J connectivity index is 1.15. The molecule has 12 heteroatoms. The first kappa shape index (κ1) is 27.4. The van der Waals surface area contributed by atoms with Gasteiger partial charge in [-0.05, 0) is 62.1 Å². The number of fused-ring (bicyclic) bond motifs is 2. The van der Waals surface area contributed by atoms with E-state index in [2.05, 4.69) is 16.0 Å². The Morgan fingerprint density at radius 1 is 1.14 bits per heavy atom. The first-order valence-corrected chi connectivity index (χ1v) is 15.4. The maximum absolute atomic E-state index is 15.8. The van der Waals surface area contributed by atoms with Crippen LogP contribution in [0.1, 0.15) is 41.5 Å². The van der Waals surface area contributed by atoms with Crippen molar-refractivity contribution in [2.24, 2.45) is 5.41 Å². The van der Waals surface area contributed by atoms with Crippen LogP contribution in [-0.2, 0) is 11.2 Å². The molecular formula is C32H28F2N6O3S. The van der Waals surface area contributed by atoms with Gasteiger partial charge < -0.3 is 24.9 Å². The van der Waals surface area contributed by atoms with Crippen LogP contribution in [-0.4, -0.2) is 69.8 Å². The number of rotatable bonds is 5. The molecule has 2 aromatic carbocycles. The molecule has 0 radical (unpaired) electrons. The van der Waals surface area contributed by atoms with Crippen LogP contribution in [0, 0.1) is 28.4 Å². The van der Waals surface area contributed by atoms with Crippen molar-refractivity contribution in [1.82, 2.24) is 14.9 Å². The average Bonchev–Trinajstić information content (AvgIpc) is 3.40. The fraction of sp³-hybridized carbons (Fsp3) is 0.375. The number of aliphatic hydroxyl groups is 2. The summed E-state index contributed by atoms with van der Waals surface area (Å²) in [5, 5.41) is 31.9. The molecule has 2 saturated heterocycles. The predicted octanol–water partition coefficient (Wildman–Crippen LogP) is 4.43. The van der Waals surface area contributed by atoms with E-state index < -0.39 is 17.5 Å². The molecule has 8 rings (SSSR count). The average molecular weight is 615 g/mol. The Hall–Kier alpha value is -4.18. The Morgan fingerprint density at radius 2 is 1.86 bits per heavy atom. The van der Waals surface area contributed by atoms with E-state index in [9.17, 15) is 24.7 Å². The third-order valence-electron chi connectivity index (χ3n) is 9.45. The van der Waals surface area contributed by atoms with Crippen LogP contribution >= 0.6 is 11.3 Å². The van der Waals surface area contributed by atoms with Gasteiger partial charge in [-0.2, -0.15) is 5.26 Å². The molecule has 1 spiro atoms. The number of benzene rings is 2. The lowest BCUT2D eigenvalue weighted by Gasteiger charge is -2.61. The van der Waals surface area contributed by atoms with E-state index in [0.717, 1.165) is 5.56 Å². The van der Waals surface area contributed by atoms with Crippen LogP contribution in [0.3, 0.4) is 0 Å². The fourth-order valence-electron chi connectivity index (χ4n) is 6.96. The van der Waals surface area contributed by atoms with Crippen molar-refractivity contribution in [3.05, 3.63) is 64.2 Å². The lowest BCUT2D eigenvalue weighted by molar-refractivity contribution is -0.156. The molecule has 4 aromatic rings. The van der Waals surface area contributed by atoms with Crippen LogP contribution in [0.2, 0.25) is 0 Å². The number of hydrogen-bond acceptors (Lipinski definition) is 9. The first-order chi connectivity index (χ1) is 21.1. The van der Waals surface area contributed by atoms with Gasteiger partial charge in [0.2, 0.25) is 0 Å². The number of anilines is 3. The monoisotopic (exact) mass is 614 g/mol. The van der Waals surface area contributed by atoms with E-state index in [1.165, 1.54) is 29.5 Å². The molecule has 9 nitrogen and oxygen atoms in total. The zero-order chi connectivity index (χ0) is 30.5. The number of amides is 1. The maximum Gasteiger partial charge on any atom is 0.254 e. The van der Waals surface area contributed by atoms with Gasteiger partial charge in [0.1, 0.15) is 33.6 Å². The number of carbonyl (C=O) groups excluding carboxylic acids is 1. The molecule has 2 aliphatic heterocycles. The summed E-state index contributed by atoms with van der Waals surface area (Å²) >= 11 is 1.19. The lowest BCUT2D eigenvalue weighted by Crippen LogP contribution is -2.74. The Labute approximate surface area is 255 Å². The Kier molecular flexibility index (Phi) is 5.85. The fourth-order valence-corrected chi connectivity index (χ4v) is 7.82. The van der Waals surface area contributed by atoms with Crippen molar-refractivity contribution in [1.29, 1.82) is 5.26 Å². The smallest absolute Gasteiger partial charge is 0.254 e. The minimum absolute atomic E-state index is 0.0579. The summed E-state index contributed by atoms with van der Waals surface area (Å²) in [6.45, 7) is 2.51. The van der Waals surface area contributed by atoms with Gasteiger partial charge in [0.25, 0.3) is 5.91 Å². The van der Waals surface area contributed by atoms with Gasteiger partial charge in [-0.25, -0.2) is 18.7 Å². The minimum atomic E-state index is -1.17. The third kappa shape index (κ3) is 4.10. The molecule has 44 heavy (non-hydrogen) atoms. The predicted molar refractivity (Wildman–Crippen MR) is 161 cm³/mol. The second-order valence-corrected chi connectivity index (χ2v) is 13.6. The molecule has 2 aliphatic carbocycles. The zero-order valence-electron chi connectivity index (χ0n) is 23.8. The standard InChI is InChI=1S/C32H28F2N6O3S/c1-38(30-37-25(24(12-35)44-30)17-2-4-18(33)5-3-17)28-20-6-7-23(41)27(20)36-26-21(28)10-19(11-22(26)34)39-13-31(14-39)15-40(16-31)29(42)32(43)8-9-32/h2-5,10-11,23,41,43H,6-9,13-16H2,1H3. The molecule has 1 atom stereocenters. The molecule has 2 aromatic heterocycles. The number of aliphatic hydroxyl groups excluding tert-OH is 1. The van der Waals surface area contributed by atoms with E-state index >= 15 is 4.39 Å². The minimum Gasteiger partial charge on any atom is -0.387 e. The second-order valence-electron chi connectivity index (χ2n) is 12.6. The van der Waals surface area contributed by atoms with Crippen LogP contribution in [0.4, 0.5) is 25.3 Å². The van der Waals surface area contributed by atoms with E-state index in [1.54, 1.807) is 17.0 Å². The zero-order valence-corrected chi connectivity index (χ0v) is 24.7. The van der Waals surface area contributed by atoms with Crippen molar-refractivity contribution in [2.75, 3.05) is 43.0 Å². The highest BCUT2D eigenvalue weighted by atomic mass is 32.1. The van der Waals surface area contributed by atoms with Gasteiger partial charge in [-0.3, -0.25) is 4.79 Å². The Bertz CT molecular complexity index is 1900. The van der Waals surface area contributed by atoms with Crippen molar-refractivity contribution >= 4 is 44.7 Å². The summed E-state index contributed by atoms with van der Waals surface area (Å²) in [4.78, 5) is 27.9. The molecule has 2 N–H and O–H groups in total. The van der Waals surface area contributed by atoms with Gasteiger partial charge in [-0.15, -0.1) is 0 Å². The van der Waals surface area contributed by atoms with E-state index in [4.69, 9.17) is 4.98 Å². The van der Waals surface area contributed by atoms with Gasteiger partial charge in [0.05, 0.1) is 17.5 Å². The van der Waals surface area contributed by atoms with E-state index in [0.29, 0.717) is 95.6 Å². The van der Waals surface area contributed by atoms with Crippen molar-refractivity contribution in [3.63, 3.8) is 0 Å². The molecule has 224 valence electrons. The number of halogens is 2. The van der Waals surface area contributed by atoms with Gasteiger partial charge in [0.15, 0.2) is 10.9 Å². The topological polar surface area (TPSA) is 117 Å². The molecule has 1 saturated carbocycles. The second kappa shape index (κ2) is 9.41. The van der Waals surface area contributed by atoms with Gasteiger partial charge in [0, 0.05) is 60.8 Å². The number of thiazole rings is 1. The number of hydrogen-bond donors (Lipinski definition) is 2. The first-order valence-electron chi connectivity index (χ1n) is 14.6. The maximum atomic E-state index is 15.8. The largest absolute Gasteiger partial charge is 0.387 e. The number of nitriles is 1. The Morgan fingerprint density at radius 3 is 2.55 bits per heavy atom. The number of aromatic nitrogens is 2. The summed E-state index contributed by atoms with van der Waals surface area (Å²) < 4.78 is 29.4. The van der Waals surface area contributed by atoms with E-state index in [1.807, 2.05) is 18.0 Å². The molecule has 1 unspecified atom stereocenters. The number of likely N-dealkylation sites (tertiary alicyclic amines) is 1. The number of carbonyl (C=O) groups is 1. The molecule has 4 aliphatic rings. The molecule has 4 heterocycles. The summed E-state index contributed by atoms with van der Waals surface area (Å²) in [6.07, 6.45) is 1.25. The van der Waals surface area contributed by atoms with Crippen molar-refractivity contribution < 1.29 is 23.8 Å². The van der Waals surface area contributed by atoms with Crippen molar-refractivity contribution in [2.45, 2.75) is 37.4 Å². The highest BCUT2D eigenvalue weighted by Gasteiger charge is 2.59. The normalized spacial score (nSPS) is 20.7. The van der Waals surface area contributed by atoms with Gasteiger partial charge >= 0.3 is 0 Å². The number of pyridine rings is 1. The molecule has 1 amide bonds. The highest BCUT2D eigenvalue weighted by molar-refractivity contribution is 7.16. The summed E-state index contributed by atoms with van der Waals surface area (Å²) in [6, 6.07) is 11.4. The summed E-state index contributed by atoms with van der Waals surface area (Å²) in [7, 11) is 1.81. The van der Waals surface area contributed by atoms with Crippen LogP contribution in [0.25, 0.3) is 22.2 Å². The van der Waals surface area contributed by atoms with Gasteiger partial charge in [-0.1, -0.05) is 11.3 Å². The van der Waals surface area contributed by atoms with Crippen molar-refractivity contribution in [3.8, 4) is 17.3 Å². The highest BCUT2D eigenvalue weighted by Crippen LogP contribution is 2.49. The molecule has 0 bridgehead atoms. The lowest BCUT2D eigenvalue weighted by atomic mass is 9.72. The molecule has 3 fully saturated rings.